The molecular formula is C13H29ClN2O3S. The first kappa shape index (κ1) is 22.0. The summed E-state index contributed by atoms with van der Waals surface area (Å²) in [7, 11) is -3.05. The third-order valence-corrected chi connectivity index (χ3v) is 4.17. The summed E-state index contributed by atoms with van der Waals surface area (Å²) < 4.78 is 22.5. The molecule has 0 radical (unpaired) electrons. The van der Waals surface area contributed by atoms with Crippen LogP contribution in [0.1, 0.15) is 46.0 Å². The highest BCUT2D eigenvalue weighted by molar-refractivity contribution is 7.90. The molecule has 1 unspecified atom stereocenters. The molecule has 0 saturated carbocycles. The van der Waals surface area contributed by atoms with Crippen LogP contribution in [0.25, 0.3) is 0 Å². The maximum absolute atomic E-state index is 12.0. The van der Waals surface area contributed by atoms with E-state index < -0.39 is 9.84 Å². The van der Waals surface area contributed by atoms with Gasteiger partial charge in [-0.15, -0.1) is 12.4 Å². The Bertz CT molecular complexity index is 361. The molecule has 0 bridgehead atoms. The quantitative estimate of drug-likeness (QED) is 0.618. The van der Waals surface area contributed by atoms with Crippen molar-refractivity contribution in [1.82, 2.24) is 4.90 Å². The minimum Gasteiger partial charge on any atom is -0.339 e. The second-order valence-electron chi connectivity index (χ2n) is 5.07. The van der Waals surface area contributed by atoms with Crippen molar-refractivity contribution in [2.24, 2.45) is 5.73 Å². The molecule has 0 aliphatic heterocycles. The van der Waals surface area contributed by atoms with E-state index in [4.69, 9.17) is 5.73 Å². The number of nitrogens with zero attached hydrogens (tertiary/aromatic N) is 1. The van der Waals surface area contributed by atoms with Crippen LogP contribution in [0.3, 0.4) is 0 Å². The molecule has 0 aromatic heterocycles. The third kappa shape index (κ3) is 10.5. The predicted octanol–water partition coefficient (Wildman–Crippen LogP) is 1.60. The fraction of sp³-hybridized carbons (Fsp3) is 0.923. The summed E-state index contributed by atoms with van der Waals surface area (Å²) in [5.74, 6) is 0.0751. The van der Waals surface area contributed by atoms with Crippen molar-refractivity contribution in [3.8, 4) is 0 Å². The smallest absolute Gasteiger partial charge is 0.222 e. The van der Waals surface area contributed by atoms with Gasteiger partial charge in [-0.1, -0.05) is 12.8 Å². The van der Waals surface area contributed by atoms with Crippen LogP contribution in [0, 0.1) is 0 Å². The molecule has 5 nitrogen and oxygen atoms in total. The minimum absolute atomic E-state index is 0. The van der Waals surface area contributed by atoms with Gasteiger partial charge in [-0.3, -0.25) is 4.79 Å². The lowest BCUT2D eigenvalue weighted by Gasteiger charge is -2.27. The van der Waals surface area contributed by atoms with E-state index in [0.29, 0.717) is 19.5 Å². The zero-order valence-corrected chi connectivity index (χ0v) is 14.4. The molecule has 122 valence electrons. The molecular weight excluding hydrogens is 300 g/mol. The number of sulfone groups is 1. The largest absolute Gasteiger partial charge is 0.339 e. The molecule has 0 aromatic carbocycles. The topological polar surface area (TPSA) is 80.5 Å². The van der Waals surface area contributed by atoms with E-state index in [9.17, 15) is 13.2 Å². The van der Waals surface area contributed by atoms with E-state index in [1.54, 1.807) is 11.8 Å². The Morgan fingerprint density at radius 1 is 1.20 bits per heavy atom. The molecule has 7 heteroatoms. The van der Waals surface area contributed by atoms with Gasteiger partial charge in [-0.25, -0.2) is 8.42 Å². The molecule has 20 heavy (non-hydrogen) atoms. The lowest BCUT2D eigenvalue weighted by Crippen LogP contribution is -2.42. The van der Waals surface area contributed by atoms with Crippen LogP contribution < -0.4 is 5.73 Å². The fourth-order valence-corrected chi connectivity index (χ4v) is 3.24. The molecule has 0 aliphatic rings. The van der Waals surface area contributed by atoms with Crippen LogP contribution >= 0.6 is 12.4 Å². The normalized spacial score (nSPS) is 12.6. The first-order chi connectivity index (χ1) is 8.81. The molecule has 0 fully saturated rings. The van der Waals surface area contributed by atoms with Crippen LogP contribution in [0.15, 0.2) is 0 Å². The Morgan fingerprint density at radius 2 is 1.75 bits per heavy atom. The summed E-state index contributed by atoms with van der Waals surface area (Å²) >= 11 is 0. The summed E-state index contributed by atoms with van der Waals surface area (Å²) in [4.78, 5) is 13.7. The van der Waals surface area contributed by atoms with Crippen molar-refractivity contribution in [1.29, 1.82) is 0 Å². The van der Waals surface area contributed by atoms with Gasteiger partial charge in [0.1, 0.15) is 9.84 Å². The van der Waals surface area contributed by atoms with Crippen LogP contribution in [0.4, 0.5) is 0 Å². The molecule has 0 saturated heterocycles. The van der Waals surface area contributed by atoms with Gasteiger partial charge in [0, 0.05) is 25.3 Å². The summed E-state index contributed by atoms with van der Waals surface area (Å²) in [5.41, 5.74) is 5.41. The van der Waals surface area contributed by atoms with E-state index in [0.717, 1.165) is 25.7 Å². The van der Waals surface area contributed by atoms with Crippen LogP contribution in [0.2, 0.25) is 0 Å². The van der Waals surface area contributed by atoms with E-state index >= 15 is 0 Å². The minimum atomic E-state index is -3.05. The van der Waals surface area contributed by atoms with Crippen molar-refractivity contribution >= 4 is 28.2 Å². The molecule has 0 spiro atoms. The standard InChI is InChI=1S/C13H28N2O3S.ClH/c1-4-15(12(2)11-19(3,17)18)13(16)9-7-5-6-8-10-14;/h12H,4-11,14H2,1-3H3;1H. The van der Waals surface area contributed by atoms with Crippen molar-refractivity contribution in [2.75, 3.05) is 25.1 Å². The number of hydrogen-bond donors (Lipinski definition) is 1. The number of unbranched alkanes of at least 4 members (excludes halogenated alkanes) is 3. The van der Waals surface area contributed by atoms with Crippen molar-refractivity contribution < 1.29 is 13.2 Å². The molecule has 0 rings (SSSR count). The van der Waals surface area contributed by atoms with Gasteiger partial charge in [-0.2, -0.15) is 0 Å². The summed E-state index contributed by atoms with van der Waals surface area (Å²) in [6, 6.07) is -0.253. The maximum atomic E-state index is 12.0. The molecule has 0 heterocycles. The van der Waals surface area contributed by atoms with Crippen molar-refractivity contribution in [3.63, 3.8) is 0 Å². The Labute approximate surface area is 129 Å². The summed E-state index contributed by atoms with van der Waals surface area (Å²) in [6.07, 6.45) is 5.59. The molecule has 1 atom stereocenters. The van der Waals surface area contributed by atoms with Crippen molar-refractivity contribution in [2.45, 2.75) is 52.0 Å². The zero-order valence-electron chi connectivity index (χ0n) is 12.8. The van der Waals surface area contributed by atoms with Gasteiger partial charge in [-0.05, 0) is 33.2 Å². The molecule has 2 N–H and O–H groups in total. The van der Waals surface area contributed by atoms with Gasteiger partial charge in [0.15, 0.2) is 0 Å². The van der Waals surface area contributed by atoms with Crippen LogP contribution in [-0.2, 0) is 14.6 Å². The van der Waals surface area contributed by atoms with Crippen LogP contribution in [0.5, 0.6) is 0 Å². The third-order valence-electron chi connectivity index (χ3n) is 3.08. The number of nitrogens with two attached hydrogens (primary N) is 1. The van der Waals surface area contributed by atoms with E-state index in [-0.39, 0.29) is 30.1 Å². The Balaban J connectivity index is 0. The average Bonchev–Trinajstić information content (AvgIpc) is 2.27. The first-order valence-corrected chi connectivity index (χ1v) is 9.05. The number of carbonyl (C=O) groups excluding carboxylic acids is 1. The second-order valence-corrected chi connectivity index (χ2v) is 7.26. The Kier molecular flexibility index (Phi) is 12.5. The summed E-state index contributed by atoms with van der Waals surface area (Å²) in [6.45, 7) is 4.92. The van der Waals surface area contributed by atoms with Gasteiger partial charge >= 0.3 is 0 Å². The fourth-order valence-electron chi connectivity index (χ4n) is 2.18. The van der Waals surface area contributed by atoms with Crippen LogP contribution in [-0.4, -0.2) is 50.4 Å². The van der Waals surface area contributed by atoms with E-state index in [1.165, 1.54) is 6.26 Å². The molecule has 1 amide bonds. The highest BCUT2D eigenvalue weighted by atomic mass is 35.5. The lowest BCUT2D eigenvalue weighted by atomic mass is 10.1. The maximum Gasteiger partial charge on any atom is 0.222 e. The lowest BCUT2D eigenvalue weighted by molar-refractivity contribution is -0.132. The molecule has 0 aromatic rings. The molecule has 0 aliphatic carbocycles. The van der Waals surface area contributed by atoms with Gasteiger partial charge < -0.3 is 10.6 Å². The number of amides is 1. The van der Waals surface area contributed by atoms with Gasteiger partial charge in [0.25, 0.3) is 0 Å². The summed E-state index contributed by atoms with van der Waals surface area (Å²) in [5, 5.41) is 0. The van der Waals surface area contributed by atoms with Gasteiger partial charge in [0.05, 0.1) is 5.75 Å². The SMILES string of the molecule is CCN(C(=O)CCCCCCN)C(C)CS(C)(=O)=O.Cl. The highest BCUT2D eigenvalue weighted by Crippen LogP contribution is 2.09. The highest BCUT2D eigenvalue weighted by Gasteiger charge is 2.21. The van der Waals surface area contributed by atoms with Crippen molar-refractivity contribution in [3.05, 3.63) is 0 Å². The predicted molar refractivity (Wildman–Crippen MR) is 85.9 cm³/mol. The second kappa shape index (κ2) is 11.3. The number of rotatable bonds is 10. The number of hydrogen-bond acceptors (Lipinski definition) is 4. The number of carbonyl (C=O) groups is 1. The van der Waals surface area contributed by atoms with E-state index in [2.05, 4.69) is 0 Å². The Morgan fingerprint density at radius 3 is 2.20 bits per heavy atom. The first-order valence-electron chi connectivity index (χ1n) is 6.99. The number of halogens is 1. The monoisotopic (exact) mass is 328 g/mol. The Hall–Kier alpha value is -0.330. The van der Waals surface area contributed by atoms with Gasteiger partial charge in [0.2, 0.25) is 5.91 Å². The van der Waals surface area contributed by atoms with E-state index in [1.807, 2.05) is 6.92 Å². The zero-order chi connectivity index (χ0) is 14.9. The average molecular weight is 329 g/mol.